The second kappa shape index (κ2) is 17.4. The Morgan fingerprint density at radius 1 is 1.15 bits per heavy atom. The number of nitrogens with one attached hydrogen (secondary N) is 2. The van der Waals surface area contributed by atoms with Crippen LogP contribution in [0, 0.1) is 5.41 Å². The molecule has 12 heteroatoms. The molecule has 1 saturated heterocycles. The number of hydrogen-bond acceptors (Lipinski definition) is 10. The third-order valence-electron chi connectivity index (χ3n) is 4.15. The third kappa shape index (κ3) is 15.6. The monoisotopic (exact) mass is 488 g/mol. The van der Waals surface area contributed by atoms with Gasteiger partial charge in [-0.15, -0.1) is 0 Å². The van der Waals surface area contributed by atoms with Crippen molar-refractivity contribution in [3.05, 3.63) is 24.5 Å². The maximum Gasteiger partial charge on any atom is 0.407 e. The highest BCUT2D eigenvalue weighted by atomic mass is 17.2. The number of alkyl carbamates (subject to hydrolysis) is 2. The fourth-order valence-corrected chi connectivity index (χ4v) is 1.79. The predicted molar refractivity (Wildman–Crippen MR) is 121 cm³/mol. The molecular formula is C22H36N2O10. The predicted octanol–water partition coefficient (Wildman–Crippen LogP) is 2.04. The van der Waals surface area contributed by atoms with Gasteiger partial charge >= 0.3 is 18.2 Å². The molecule has 1 aliphatic rings. The van der Waals surface area contributed by atoms with Gasteiger partial charge in [-0.1, -0.05) is 20.1 Å². The quantitative estimate of drug-likeness (QED) is 0.194. The Kier molecular flexibility index (Phi) is 15.8. The summed E-state index contributed by atoms with van der Waals surface area (Å²) >= 11 is 0. The lowest BCUT2D eigenvalue weighted by Crippen LogP contribution is -2.39. The molecule has 0 aromatic rings. The van der Waals surface area contributed by atoms with E-state index < -0.39 is 29.7 Å². The average Bonchev–Trinajstić information content (AvgIpc) is 2.80. The van der Waals surface area contributed by atoms with Gasteiger partial charge in [-0.3, -0.25) is 9.59 Å². The summed E-state index contributed by atoms with van der Waals surface area (Å²) in [7, 11) is 0. The van der Waals surface area contributed by atoms with Gasteiger partial charge in [0.1, 0.15) is 38.5 Å². The second-order valence-electron chi connectivity index (χ2n) is 7.75. The average molecular weight is 489 g/mol. The van der Waals surface area contributed by atoms with E-state index in [9.17, 15) is 19.2 Å². The number of esters is 1. The lowest BCUT2D eigenvalue weighted by atomic mass is 9.91. The van der Waals surface area contributed by atoms with E-state index in [4.69, 9.17) is 28.7 Å². The lowest BCUT2D eigenvalue weighted by Gasteiger charge is -2.23. The molecule has 12 nitrogen and oxygen atoms in total. The smallest absolute Gasteiger partial charge is 0.407 e. The van der Waals surface area contributed by atoms with E-state index in [0.717, 1.165) is 6.29 Å². The summed E-state index contributed by atoms with van der Waals surface area (Å²) in [5.41, 5.74) is -0.108. The number of rotatable bonds is 5. The third-order valence-corrected chi connectivity index (χ3v) is 4.15. The molecule has 2 N–H and O–H groups in total. The summed E-state index contributed by atoms with van der Waals surface area (Å²) < 4.78 is 20.7. The normalized spacial score (nSPS) is 18.7. The molecule has 0 aromatic heterocycles. The highest BCUT2D eigenvalue weighted by molar-refractivity contribution is 5.75. The zero-order valence-corrected chi connectivity index (χ0v) is 20.3. The maximum atomic E-state index is 12.1. The first-order valence-electron chi connectivity index (χ1n) is 10.7. The number of allylic oxidation sites excluding steroid dienone is 1. The summed E-state index contributed by atoms with van der Waals surface area (Å²) in [6.45, 7) is 13.8. The van der Waals surface area contributed by atoms with Gasteiger partial charge in [-0.25, -0.2) is 19.4 Å². The van der Waals surface area contributed by atoms with Crippen molar-refractivity contribution in [2.75, 3.05) is 46.1 Å². The van der Waals surface area contributed by atoms with E-state index in [1.165, 1.54) is 0 Å². The number of aldehydes is 1. The Labute approximate surface area is 199 Å². The maximum absolute atomic E-state index is 12.1. The molecule has 1 unspecified atom stereocenters. The van der Waals surface area contributed by atoms with E-state index in [1.54, 1.807) is 20.8 Å². The summed E-state index contributed by atoms with van der Waals surface area (Å²) in [5, 5.41) is 4.91. The highest BCUT2D eigenvalue weighted by Crippen LogP contribution is 2.21. The first-order valence-corrected chi connectivity index (χ1v) is 10.7. The molecule has 1 heterocycles. The summed E-state index contributed by atoms with van der Waals surface area (Å²) in [6.07, 6.45) is -1.21. The first kappa shape index (κ1) is 30.9. The zero-order chi connectivity index (χ0) is 26.0. The lowest BCUT2D eigenvalue weighted by molar-refractivity contribution is -0.290. The van der Waals surface area contributed by atoms with Crippen LogP contribution in [0.3, 0.4) is 0 Å². The van der Waals surface area contributed by atoms with Gasteiger partial charge in [-0.2, -0.15) is 0 Å². The fraction of sp³-hybridized carbons (Fsp3) is 0.636. The van der Waals surface area contributed by atoms with Crippen molar-refractivity contribution >= 4 is 24.4 Å². The van der Waals surface area contributed by atoms with Gasteiger partial charge in [-0.05, 0) is 32.8 Å². The molecule has 1 atom stereocenters. The van der Waals surface area contributed by atoms with E-state index in [0.29, 0.717) is 17.8 Å². The van der Waals surface area contributed by atoms with Crippen LogP contribution in [0.2, 0.25) is 0 Å². The van der Waals surface area contributed by atoms with Crippen LogP contribution in [0.25, 0.3) is 0 Å². The summed E-state index contributed by atoms with van der Waals surface area (Å²) in [5.74, 6) is -0.131. The van der Waals surface area contributed by atoms with Crippen molar-refractivity contribution in [2.24, 2.45) is 5.41 Å². The molecule has 1 fully saturated rings. The van der Waals surface area contributed by atoms with E-state index in [2.05, 4.69) is 23.8 Å². The van der Waals surface area contributed by atoms with Crippen LogP contribution >= 0.6 is 0 Å². The Morgan fingerprint density at radius 2 is 1.76 bits per heavy atom. The zero-order valence-electron chi connectivity index (χ0n) is 20.3. The SMILES string of the molecule is C=C(C)C=O.C=C1COOCCNC(=O)OC(COC(=O)C(C)(C)CC)COC(=O)NCCO1. The number of carbonyl (C=O) groups is 4. The Bertz CT molecular complexity index is 693. The number of carbonyl (C=O) groups excluding carboxylic acids is 4. The Hall–Kier alpha value is -3.12. The number of ether oxygens (including phenoxy) is 4. The molecule has 0 aromatic carbocycles. The van der Waals surface area contributed by atoms with Crippen LogP contribution in [-0.4, -0.2) is 76.7 Å². The van der Waals surface area contributed by atoms with Crippen molar-refractivity contribution in [3.8, 4) is 0 Å². The molecule has 1 aliphatic heterocycles. The van der Waals surface area contributed by atoms with Crippen molar-refractivity contribution in [1.82, 2.24) is 10.6 Å². The van der Waals surface area contributed by atoms with Crippen LogP contribution in [0.1, 0.15) is 34.1 Å². The second-order valence-corrected chi connectivity index (χ2v) is 7.75. The number of cyclic esters (lactones) is 2. The van der Waals surface area contributed by atoms with Crippen molar-refractivity contribution in [3.63, 3.8) is 0 Å². The molecule has 0 radical (unpaired) electrons. The van der Waals surface area contributed by atoms with Crippen LogP contribution in [-0.2, 0) is 38.3 Å². The molecule has 0 bridgehead atoms. The van der Waals surface area contributed by atoms with E-state index in [-0.39, 0.29) is 46.1 Å². The highest BCUT2D eigenvalue weighted by Gasteiger charge is 2.29. The van der Waals surface area contributed by atoms with Crippen LogP contribution in [0.4, 0.5) is 9.59 Å². The van der Waals surface area contributed by atoms with Gasteiger partial charge in [0.25, 0.3) is 0 Å². The minimum Gasteiger partial charge on any atom is -0.494 e. The Morgan fingerprint density at radius 3 is 2.38 bits per heavy atom. The molecule has 0 aliphatic carbocycles. The van der Waals surface area contributed by atoms with Gasteiger partial charge in [0, 0.05) is 6.54 Å². The number of hydrogen-bond donors (Lipinski definition) is 2. The summed E-state index contributed by atoms with van der Waals surface area (Å²) in [4.78, 5) is 55.0. The van der Waals surface area contributed by atoms with Crippen molar-refractivity contribution in [2.45, 2.75) is 40.2 Å². The van der Waals surface area contributed by atoms with Crippen LogP contribution in [0.15, 0.2) is 24.5 Å². The fourth-order valence-electron chi connectivity index (χ4n) is 1.79. The molecule has 1 rings (SSSR count). The molecule has 34 heavy (non-hydrogen) atoms. The van der Waals surface area contributed by atoms with Gasteiger partial charge in [0.15, 0.2) is 6.10 Å². The molecule has 194 valence electrons. The first-order chi connectivity index (χ1) is 16.0. The van der Waals surface area contributed by atoms with Crippen molar-refractivity contribution in [1.29, 1.82) is 0 Å². The van der Waals surface area contributed by atoms with Crippen LogP contribution < -0.4 is 10.6 Å². The molecule has 0 saturated carbocycles. The van der Waals surface area contributed by atoms with Crippen molar-refractivity contribution < 1.29 is 47.9 Å². The standard InChI is InChI=1S/C18H30N2O9.C4H6O/c1-5-18(3,4)15(21)25-11-14-12-26-16(22)19-6-8-24-13(2)10-28-27-9-7-20-17(23)29-14;1-4(2)3-5/h14H,2,5-12H2,1,3-4H3,(H,19,22)(H,20,23);3H,1H2,2H3. The minimum atomic E-state index is -0.985. The Balaban J connectivity index is 0.00000196. The largest absolute Gasteiger partial charge is 0.494 e. The van der Waals surface area contributed by atoms with Gasteiger partial charge in [0.05, 0.1) is 18.6 Å². The van der Waals surface area contributed by atoms with E-state index in [1.807, 2.05) is 6.92 Å². The molecule has 2 amide bonds. The minimum absolute atomic E-state index is 0.00353. The van der Waals surface area contributed by atoms with Gasteiger partial charge in [0.2, 0.25) is 0 Å². The van der Waals surface area contributed by atoms with E-state index >= 15 is 0 Å². The molecular weight excluding hydrogens is 452 g/mol. The number of amides is 2. The topological polar surface area (TPSA) is 148 Å². The van der Waals surface area contributed by atoms with Gasteiger partial charge < -0.3 is 29.6 Å². The molecule has 0 spiro atoms. The summed E-state index contributed by atoms with van der Waals surface area (Å²) in [6, 6.07) is 0. The van der Waals surface area contributed by atoms with Crippen LogP contribution in [0.5, 0.6) is 0 Å².